The number of carbonyl (C=O) groups excluding carboxylic acids is 2. The first-order valence-electron chi connectivity index (χ1n) is 7.35. The van der Waals surface area contributed by atoms with Gasteiger partial charge in [-0.1, -0.05) is 11.6 Å². The number of hydrogen-bond donors (Lipinski definition) is 3. The molecule has 0 fully saturated rings. The van der Waals surface area contributed by atoms with Crippen LogP contribution in [0.5, 0.6) is 5.75 Å². The van der Waals surface area contributed by atoms with Crippen LogP contribution in [-0.2, 0) is 14.4 Å². The van der Waals surface area contributed by atoms with E-state index in [9.17, 15) is 19.2 Å². The Balaban J connectivity index is 2.63. The van der Waals surface area contributed by atoms with Crippen molar-refractivity contribution in [2.45, 2.75) is 31.7 Å². The van der Waals surface area contributed by atoms with E-state index in [0.717, 1.165) is 0 Å². The zero-order valence-electron chi connectivity index (χ0n) is 13.5. The van der Waals surface area contributed by atoms with Crippen LogP contribution in [0.25, 0.3) is 0 Å². The van der Waals surface area contributed by atoms with Crippen LogP contribution in [0.1, 0.15) is 36.0 Å². The van der Waals surface area contributed by atoms with Crippen molar-refractivity contribution in [1.82, 2.24) is 5.32 Å². The molecule has 136 valence electrons. The van der Waals surface area contributed by atoms with Crippen molar-refractivity contribution in [2.75, 3.05) is 7.11 Å². The summed E-state index contributed by atoms with van der Waals surface area (Å²) in [5, 5.41) is 20.1. The van der Waals surface area contributed by atoms with Crippen LogP contribution in [0.2, 0.25) is 5.02 Å². The average molecular weight is 372 g/mol. The van der Waals surface area contributed by atoms with Gasteiger partial charge in [0.15, 0.2) is 5.78 Å². The Kier molecular flexibility index (Phi) is 7.87. The van der Waals surface area contributed by atoms with Crippen LogP contribution in [0, 0.1) is 0 Å². The minimum atomic E-state index is -1.34. The number of carbonyl (C=O) groups is 4. The number of halogens is 1. The van der Waals surface area contributed by atoms with Crippen LogP contribution < -0.4 is 10.1 Å². The lowest BCUT2D eigenvalue weighted by molar-refractivity contribution is -0.143. The van der Waals surface area contributed by atoms with Gasteiger partial charge in [0.2, 0.25) is 5.91 Å². The molecule has 1 rings (SSSR count). The summed E-state index contributed by atoms with van der Waals surface area (Å²) in [6.45, 7) is 0. The van der Waals surface area contributed by atoms with E-state index in [4.69, 9.17) is 26.6 Å². The van der Waals surface area contributed by atoms with E-state index in [1.54, 1.807) is 6.07 Å². The van der Waals surface area contributed by atoms with E-state index in [2.05, 4.69) is 5.32 Å². The monoisotopic (exact) mass is 371 g/mol. The standard InChI is InChI=1S/C16H18ClNO7/c1-25-13-5-2-9(17)8-10(13)12(19)4-6-14(20)18-11(16(23)24)3-7-15(21)22/h2,5,8,11H,3-4,6-7H2,1H3,(H,18,20)(H,21,22)(H,23,24). The predicted molar refractivity (Wildman–Crippen MR) is 88.0 cm³/mol. The highest BCUT2D eigenvalue weighted by Crippen LogP contribution is 2.24. The van der Waals surface area contributed by atoms with Crippen LogP contribution >= 0.6 is 11.6 Å². The Bertz CT molecular complexity index is 674. The maximum Gasteiger partial charge on any atom is 0.326 e. The molecule has 0 aliphatic carbocycles. The molecule has 1 amide bonds. The third-order valence-electron chi connectivity index (χ3n) is 3.32. The van der Waals surface area contributed by atoms with Crippen molar-refractivity contribution >= 4 is 35.2 Å². The Morgan fingerprint density at radius 2 is 1.84 bits per heavy atom. The molecule has 25 heavy (non-hydrogen) atoms. The van der Waals surface area contributed by atoms with Gasteiger partial charge in [-0.25, -0.2) is 4.79 Å². The van der Waals surface area contributed by atoms with Gasteiger partial charge >= 0.3 is 11.9 Å². The highest BCUT2D eigenvalue weighted by Gasteiger charge is 2.22. The molecule has 8 nitrogen and oxygen atoms in total. The molecule has 0 aliphatic rings. The molecule has 1 aromatic carbocycles. The molecule has 0 aromatic heterocycles. The molecule has 0 spiro atoms. The highest BCUT2D eigenvalue weighted by molar-refractivity contribution is 6.31. The van der Waals surface area contributed by atoms with E-state index >= 15 is 0 Å². The molecule has 0 heterocycles. The largest absolute Gasteiger partial charge is 0.496 e. The third-order valence-corrected chi connectivity index (χ3v) is 3.56. The number of amides is 1. The summed E-state index contributed by atoms with van der Waals surface area (Å²) in [6.07, 6.45) is -1.05. The van der Waals surface area contributed by atoms with Gasteiger partial charge in [-0.15, -0.1) is 0 Å². The minimum absolute atomic E-state index is 0.173. The van der Waals surface area contributed by atoms with Crippen molar-refractivity contribution in [2.24, 2.45) is 0 Å². The van der Waals surface area contributed by atoms with Crippen LogP contribution in [0.15, 0.2) is 18.2 Å². The molecule has 9 heteroatoms. The summed E-state index contributed by atoms with van der Waals surface area (Å²) in [5.74, 6) is -3.22. The van der Waals surface area contributed by atoms with Crippen molar-refractivity contribution in [3.63, 3.8) is 0 Å². The third kappa shape index (κ3) is 6.80. The minimum Gasteiger partial charge on any atom is -0.496 e. The van der Waals surface area contributed by atoms with Gasteiger partial charge in [0.25, 0.3) is 0 Å². The SMILES string of the molecule is COc1ccc(Cl)cc1C(=O)CCC(=O)NC(CCC(=O)O)C(=O)O. The Labute approximate surface area is 148 Å². The molecule has 1 unspecified atom stereocenters. The van der Waals surface area contributed by atoms with E-state index in [0.29, 0.717) is 10.8 Å². The second-order valence-corrected chi connectivity index (χ2v) is 5.59. The van der Waals surface area contributed by atoms with Gasteiger partial charge < -0.3 is 20.3 Å². The van der Waals surface area contributed by atoms with Gasteiger partial charge in [-0.2, -0.15) is 0 Å². The fraction of sp³-hybridized carbons (Fsp3) is 0.375. The average Bonchev–Trinajstić information content (AvgIpc) is 2.55. The Morgan fingerprint density at radius 3 is 2.40 bits per heavy atom. The first kappa shape index (κ1) is 20.4. The summed E-state index contributed by atoms with van der Waals surface area (Å²) in [5.41, 5.74) is 0.225. The Hall–Kier alpha value is -2.61. The van der Waals surface area contributed by atoms with Gasteiger partial charge in [-0.05, 0) is 24.6 Å². The lowest BCUT2D eigenvalue weighted by Crippen LogP contribution is -2.41. The number of benzene rings is 1. The topological polar surface area (TPSA) is 130 Å². The number of Topliss-reactive ketones (excluding diaryl/α,β-unsaturated/α-hetero) is 1. The smallest absolute Gasteiger partial charge is 0.326 e. The molecule has 1 aromatic rings. The number of methoxy groups -OCH3 is 1. The van der Waals surface area contributed by atoms with E-state index in [-0.39, 0.29) is 30.6 Å². The first-order valence-corrected chi connectivity index (χ1v) is 7.73. The van der Waals surface area contributed by atoms with E-state index < -0.39 is 30.3 Å². The lowest BCUT2D eigenvalue weighted by atomic mass is 10.0. The number of hydrogen-bond acceptors (Lipinski definition) is 5. The molecule has 3 N–H and O–H groups in total. The van der Waals surface area contributed by atoms with Gasteiger partial charge in [0, 0.05) is 24.3 Å². The molecule has 0 aliphatic heterocycles. The number of ketones is 1. The summed E-state index contributed by atoms with van der Waals surface area (Å²) in [7, 11) is 1.40. The second-order valence-electron chi connectivity index (χ2n) is 5.16. The molecule has 0 saturated heterocycles. The summed E-state index contributed by atoms with van der Waals surface area (Å²) < 4.78 is 5.07. The van der Waals surface area contributed by atoms with Crippen LogP contribution in [-0.4, -0.2) is 47.0 Å². The van der Waals surface area contributed by atoms with Crippen LogP contribution in [0.3, 0.4) is 0 Å². The number of carboxylic acid groups (broad SMARTS) is 2. The van der Waals surface area contributed by atoms with Gasteiger partial charge in [-0.3, -0.25) is 14.4 Å². The predicted octanol–water partition coefficient (Wildman–Crippen LogP) is 1.75. The lowest BCUT2D eigenvalue weighted by Gasteiger charge is -2.13. The second kappa shape index (κ2) is 9.63. The number of nitrogens with one attached hydrogen (secondary N) is 1. The number of aliphatic carboxylic acids is 2. The van der Waals surface area contributed by atoms with Crippen molar-refractivity contribution in [1.29, 1.82) is 0 Å². The van der Waals surface area contributed by atoms with E-state index in [1.165, 1.54) is 19.2 Å². The van der Waals surface area contributed by atoms with Crippen LogP contribution in [0.4, 0.5) is 0 Å². The van der Waals surface area contributed by atoms with Crippen molar-refractivity contribution in [3.8, 4) is 5.75 Å². The summed E-state index contributed by atoms with van der Waals surface area (Å²) in [4.78, 5) is 45.6. The maximum absolute atomic E-state index is 12.2. The molecule has 0 saturated carbocycles. The normalized spacial score (nSPS) is 11.4. The van der Waals surface area contributed by atoms with Gasteiger partial charge in [0.1, 0.15) is 11.8 Å². The van der Waals surface area contributed by atoms with Crippen molar-refractivity contribution in [3.05, 3.63) is 28.8 Å². The zero-order chi connectivity index (χ0) is 19.0. The fourth-order valence-corrected chi connectivity index (χ4v) is 2.22. The number of ether oxygens (including phenoxy) is 1. The summed E-state index contributed by atoms with van der Waals surface area (Å²) in [6, 6.07) is 3.19. The van der Waals surface area contributed by atoms with Crippen molar-refractivity contribution < 1.29 is 34.1 Å². The maximum atomic E-state index is 12.2. The number of carboxylic acids is 2. The zero-order valence-corrected chi connectivity index (χ0v) is 14.2. The Morgan fingerprint density at radius 1 is 1.16 bits per heavy atom. The molecular formula is C16H18ClNO7. The molecular weight excluding hydrogens is 354 g/mol. The first-order chi connectivity index (χ1) is 11.7. The summed E-state index contributed by atoms with van der Waals surface area (Å²) >= 11 is 5.84. The molecule has 1 atom stereocenters. The van der Waals surface area contributed by atoms with E-state index in [1.807, 2.05) is 0 Å². The van der Waals surface area contributed by atoms with Gasteiger partial charge in [0.05, 0.1) is 12.7 Å². The fourth-order valence-electron chi connectivity index (χ4n) is 2.05. The molecule has 0 radical (unpaired) electrons. The number of rotatable bonds is 10. The quantitative estimate of drug-likeness (QED) is 0.534. The molecule has 0 bridgehead atoms. The highest BCUT2D eigenvalue weighted by atomic mass is 35.5.